The van der Waals surface area contributed by atoms with Crippen LogP contribution in [0.25, 0.3) is 5.69 Å². The van der Waals surface area contributed by atoms with Crippen LogP contribution < -0.4 is 10.3 Å². The quantitative estimate of drug-likeness (QED) is 0.422. The number of nitrogens with zero attached hydrogens (tertiary/aromatic N) is 4. The predicted octanol–water partition coefficient (Wildman–Crippen LogP) is 4.77. The van der Waals surface area contributed by atoms with Crippen LogP contribution in [0.15, 0.2) is 58.1 Å². The fourth-order valence-corrected chi connectivity index (χ4v) is 3.11. The maximum absolute atomic E-state index is 12.6. The topological polar surface area (TPSA) is 62.5 Å². The van der Waals surface area contributed by atoms with Crippen LogP contribution in [0.3, 0.4) is 0 Å². The molecule has 2 aromatic carbocycles. The second-order valence-electron chi connectivity index (χ2n) is 6.01. The molecule has 0 saturated carbocycles. The Morgan fingerprint density at radius 1 is 1.14 bits per heavy atom. The molecule has 6 nitrogen and oxygen atoms in total. The van der Waals surface area contributed by atoms with Gasteiger partial charge in [-0.2, -0.15) is 5.10 Å². The number of hydrogen-bond acceptors (Lipinski definition) is 4. The van der Waals surface area contributed by atoms with E-state index in [4.69, 9.17) is 23.2 Å². The second kappa shape index (κ2) is 8.77. The number of carbonyl (C=O) groups is 1. The standard InChI is InChI=1S/C19H16BrCl2N5O/c1-26(2)19-24-16(17(22)27(19)15-9-7-14(21)8-10-15)18(28)25-23-11-12-3-5-13(20)6-4-12/h3-11H,1-2H3,(H,25,28)/b23-11+. The summed E-state index contributed by atoms with van der Waals surface area (Å²) in [5.41, 5.74) is 4.12. The number of imidazole rings is 1. The van der Waals surface area contributed by atoms with Crippen molar-refractivity contribution >= 4 is 57.2 Å². The van der Waals surface area contributed by atoms with Crippen LogP contribution in [0.1, 0.15) is 16.1 Å². The molecule has 0 radical (unpaired) electrons. The van der Waals surface area contributed by atoms with E-state index in [2.05, 4.69) is 31.4 Å². The first kappa shape index (κ1) is 20.4. The van der Waals surface area contributed by atoms with Crippen molar-refractivity contribution in [3.63, 3.8) is 0 Å². The maximum atomic E-state index is 12.6. The molecule has 0 fully saturated rings. The van der Waals surface area contributed by atoms with E-state index < -0.39 is 5.91 Å². The molecular formula is C19H16BrCl2N5O. The zero-order valence-electron chi connectivity index (χ0n) is 15.0. The van der Waals surface area contributed by atoms with Crippen LogP contribution in [0.5, 0.6) is 0 Å². The Kier molecular flexibility index (Phi) is 6.39. The first-order chi connectivity index (χ1) is 13.4. The van der Waals surface area contributed by atoms with E-state index in [-0.39, 0.29) is 10.8 Å². The highest BCUT2D eigenvalue weighted by Gasteiger charge is 2.23. The molecule has 0 aliphatic heterocycles. The molecule has 144 valence electrons. The van der Waals surface area contributed by atoms with Crippen molar-refractivity contribution in [2.24, 2.45) is 5.10 Å². The van der Waals surface area contributed by atoms with Crippen molar-refractivity contribution in [1.82, 2.24) is 15.0 Å². The molecule has 0 bridgehead atoms. The Labute approximate surface area is 180 Å². The van der Waals surface area contributed by atoms with Gasteiger partial charge >= 0.3 is 0 Å². The number of rotatable bonds is 5. The molecule has 0 unspecified atom stereocenters. The maximum Gasteiger partial charge on any atom is 0.293 e. The highest BCUT2D eigenvalue weighted by molar-refractivity contribution is 9.10. The molecule has 0 spiro atoms. The normalized spacial score (nSPS) is 11.0. The average Bonchev–Trinajstić information content (AvgIpc) is 3.01. The molecule has 28 heavy (non-hydrogen) atoms. The van der Waals surface area contributed by atoms with Gasteiger partial charge in [0.05, 0.1) is 11.9 Å². The van der Waals surface area contributed by atoms with Gasteiger partial charge in [-0.15, -0.1) is 0 Å². The van der Waals surface area contributed by atoms with E-state index in [1.165, 1.54) is 0 Å². The van der Waals surface area contributed by atoms with Crippen molar-refractivity contribution in [3.05, 3.63) is 74.4 Å². The van der Waals surface area contributed by atoms with E-state index in [9.17, 15) is 4.79 Å². The third-order valence-corrected chi connectivity index (χ3v) is 4.88. The second-order valence-corrected chi connectivity index (χ2v) is 7.72. The Morgan fingerprint density at radius 3 is 2.39 bits per heavy atom. The summed E-state index contributed by atoms with van der Waals surface area (Å²) in [5, 5.41) is 4.76. The summed E-state index contributed by atoms with van der Waals surface area (Å²) in [6.07, 6.45) is 1.54. The lowest BCUT2D eigenvalue weighted by Crippen LogP contribution is -2.19. The van der Waals surface area contributed by atoms with Crippen molar-refractivity contribution in [3.8, 4) is 5.69 Å². The van der Waals surface area contributed by atoms with Gasteiger partial charge in [-0.3, -0.25) is 9.36 Å². The minimum absolute atomic E-state index is 0.0771. The Hall–Kier alpha value is -2.35. The SMILES string of the molecule is CN(C)c1nc(C(=O)N/N=C/c2ccc(Br)cc2)c(Cl)n1-c1ccc(Cl)cc1. The lowest BCUT2D eigenvalue weighted by molar-refractivity contribution is 0.0951. The van der Waals surface area contributed by atoms with Crippen LogP contribution in [-0.4, -0.2) is 35.8 Å². The molecule has 9 heteroatoms. The van der Waals surface area contributed by atoms with Crippen LogP contribution in [0.4, 0.5) is 5.95 Å². The van der Waals surface area contributed by atoms with Crippen molar-refractivity contribution < 1.29 is 4.79 Å². The van der Waals surface area contributed by atoms with Crippen LogP contribution in [-0.2, 0) is 0 Å². The van der Waals surface area contributed by atoms with Gasteiger partial charge in [-0.05, 0) is 42.0 Å². The number of benzene rings is 2. The number of hydrazone groups is 1. The molecule has 1 heterocycles. The van der Waals surface area contributed by atoms with E-state index in [1.54, 1.807) is 39.9 Å². The number of aromatic nitrogens is 2. The molecular weight excluding hydrogens is 465 g/mol. The molecule has 1 aromatic heterocycles. The molecule has 0 aliphatic rings. The van der Waals surface area contributed by atoms with Gasteiger partial charge in [0, 0.05) is 23.6 Å². The van der Waals surface area contributed by atoms with Crippen molar-refractivity contribution in [1.29, 1.82) is 0 Å². The zero-order valence-corrected chi connectivity index (χ0v) is 18.1. The number of amides is 1. The lowest BCUT2D eigenvalue weighted by atomic mass is 10.2. The van der Waals surface area contributed by atoms with Gasteiger partial charge in [0.1, 0.15) is 5.15 Å². The molecule has 1 N–H and O–H groups in total. The molecule has 0 saturated heterocycles. The van der Waals surface area contributed by atoms with Gasteiger partial charge in [0.25, 0.3) is 5.91 Å². The summed E-state index contributed by atoms with van der Waals surface area (Å²) < 4.78 is 2.63. The summed E-state index contributed by atoms with van der Waals surface area (Å²) in [4.78, 5) is 18.7. The molecule has 3 aromatic rings. The summed E-state index contributed by atoms with van der Waals surface area (Å²) in [5.74, 6) is 0.00327. The highest BCUT2D eigenvalue weighted by Crippen LogP contribution is 2.28. The number of hydrogen-bond donors (Lipinski definition) is 1. The molecule has 3 rings (SSSR count). The summed E-state index contributed by atoms with van der Waals surface area (Å²) in [6, 6.07) is 14.6. The Morgan fingerprint density at radius 2 is 1.79 bits per heavy atom. The van der Waals surface area contributed by atoms with Gasteiger partial charge < -0.3 is 4.90 Å². The monoisotopic (exact) mass is 479 g/mol. The summed E-state index contributed by atoms with van der Waals surface area (Å²) >= 11 is 15.8. The summed E-state index contributed by atoms with van der Waals surface area (Å²) in [7, 11) is 3.64. The first-order valence-corrected chi connectivity index (χ1v) is 9.72. The molecule has 1 amide bonds. The van der Waals surface area contributed by atoms with E-state index in [1.807, 2.05) is 38.4 Å². The Bertz CT molecular complexity index is 1010. The van der Waals surface area contributed by atoms with Gasteiger partial charge in [0.15, 0.2) is 5.69 Å². The molecule has 0 atom stereocenters. The number of nitrogens with one attached hydrogen (secondary N) is 1. The van der Waals surface area contributed by atoms with Gasteiger partial charge in [0.2, 0.25) is 5.95 Å². The zero-order chi connectivity index (χ0) is 20.3. The fourth-order valence-electron chi connectivity index (χ4n) is 2.42. The summed E-state index contributed by atoms with van der Waals surface area (Å²) in [6.45, 7) is 0. The predicted molar refractivity (Wildman–Crippen MR) is 117 cm³/mol. The number of anilines is 1. The average molecular weight is 481 g/mol. The highest BCUT2D eigenvalue weighted by atomic mass is 79.9. The van der Waals surface area contributed by atoms with E-state index in [0.717, 1.165) is 15.7 Å². The van der Waals surface area contributed by atoms with E-state index in [0.29, 0.717) is 11.0 Å². The van der Waals surface area contributed by atoms with Crippen molar-refractivity contribution in [2.45, 2.75) is 0 Å². The third-order valence-electron chi connectivity index (χ3n) is 3.75. The fraction of sp³-hybridized carbons (Fsp3) is 0.105. The number of halogens is 3. The van der Waals surface area contributed by atoms with Crippen LogP contribution in [0.2, 0.25) is 10.2 Å². The minimum atomic E-state index is -0.505. The minimum Gasteiger partial charge on any atom is -0.348 e. The van der Waals surface area contributed by atoms with E-state index >= 15 is 0 Å². The van der Waals surface area contributed by atoms with Gasteiger partial charge in [-0.1, -0.05) is 51.3 Å². The smallest absolute Gasteiger partial charge is 0.293 e. The van der Waals surface area contributed by atoms with Crippen LogP contribution >= 0.6 is 39.1 Å². The third kappa shape index (κ3) is 4.55. The number of carbonyl (C=O) groups excluding carboxylic acids is 1. The largest absolute Gasteiger partial charge is 0.348 e. The molecule has 0 aliphatic carbocycles. The van der Waals surface area contributed by atoms with Crippen molar-refractivity contribution in [2.75, 3.05) is 19.0 Å². The first-order valence-electron chi connectivity index (χ1n) is 8.17. The van der Waals surface area contributed by atoms with Gasteiger partial charge in [-0.25, -0.2) is 10.4 Å². The van der Waals surface area contributed by atoms with Crippen LogP contribution in [0, 0.1) is 0 Å². The lowest BCUT2D eigenvalue weighted by Gasteiger charge is -2.14. The Balaban J connectivity index is 1.87.